The SMILES string of the molecule is COc1ncc(-n2nc3c(c2C(C)C)C(c2ccc(Cl)cc2F)NC2=C[N+](C)(COC3=O)C(=O)C(Cl)=C2)c(OC)n1. The number of allylic oxidation sites excluding steroid dienone is 1. The first kappa shape index (κ1) is 28.5. The molecule has 0 fully saturated rings. The number of carbonyl (C=O) groups excluding carboxylic acids is 2. The number of fused-ring (bicyclic) bond motifs is 2. The van der Waals surface area contributed by atoms with Gasteiger partial charge in [0.15, 0.2) is 5.69 Å². The van der Waals surface area contributed by atoms with Gasteiger partial charge in [-0.15, -0.1) is 0 Å². The molecule has 214 valence electrons. The first-order chi connectivity index (χ1) is 19.5. The highest BCUT2D eigenvalue weighted by Gasteiger charge is 2.42. The summed E-state index contributed by atoms with van der Waals surface area (Å²) < 4.78 is 32.9. The van der Waals surface area contributed by atoms with Crippen LogP contribution < -0.4 is 14.8 Å². The van der Waals surface area contributed by atoms with E-state index in [-0.39, 0.29) is 45.9 Å². The lowest BCUT2D eigenvalue weighted by atomic mass is 9.91. The van der Waals surface area contributed by atoms with Gasteiger partial charge in [-0.05, 0) is 24.1 Å². The molecule has 2 aliphatic heterocycles. The largest absolute Gasteiger partial charge is 0.479 e. The average Bonchev–Trinajstić information content (AvgIpc) is 3.33. The maximum Gasteiger partial charge on any atom is 0.364 e. The summed E-state index contributed by atoms with van der Waals surface area (Å²) in [5.74, 6) is -2.07. The lowest BCUT2D eigenvalue weighted by molar-refractivity contribution is -0.800. The summed E-state index contributed by atoms with van der Waals surface area (Å²) in [5.41, 5.74) is 1.64. The number of amides is 1. The molecule has 2 aromatic heterocycles. The number of halogens is 3. The van der Waals surface area contributed by atoms with Gasteiger partial charge in [0.25, 0.3) is 0 Å². The fraction of sp³-hybridized carbons (Fsp3) is 0.296. The van der Waals surface area contributed by atoms with Gasteiger partial charge in [0.05, 0.1) is 44.9 Å². The highest BCUT2D eigenvalue weighted by atomic mass is 35.5. The summed E-state index contributed by atoms with van der Waals surface area (Å²) >= 11 is 12.4. The van der Waals surface area contributed by atoms with Crippen LogP contribution in [0.15, 0.2) is 47.4 Å². The molecule has 0 saturated heterocycles. The van der Waals surface area contributed by atoms with E-state index in [0.29, 0.717) is 22.6 Å². The Kier molecular flexibility index (Phi) is 7.49. The molecule has 11 nitrogen and oxygen atoms in total. The molecular weight excluding hydrogens is 578 g/mol. The van der Waals surface area contributed by atoms with Gasteiger partial charge in [0.1, 0.15) is 22.7 Å². The van der Waals surface area contributed by atoms with Gasteiger partial charge < -0.3 is 19.5 Å². The van der Waals surface area contributed by atoms with Crippen LogP contribution in [0.25, 0.3) is 5.69 Å². The minimum absolute atomic E-state index is 0.0657. The minimum Gasteiger partial charge on any atom is -0.479 e. The number of cyclic esters (lactones) is 1. The van der Waals surface area contributed by atoms with Crippen LogP contribution in [0, 0.1) is 5.82 Å². The van der Waals surface area contributed by atoms with Gasteiger partial charge in [-0.3, -0.25) is 0 Å². The van der Waals surface area contributed by atoms with Crippen molar-refractivity contribution in [1.29, 1.82) is 0 Å². The fourth-order valence-electron chi connectivity index (χ4n) is 4.84. The predicted molar refractivity (Wildman–Crippen MR) is 146 cm³/mol. The lowest BCUT2D eigenvalue weighted by Crippen LogP contribution is -2.49. The van der Waals surface area contributed by atoms with Crippen LogP contribution in [0.4, 0.5) is 4.39 Å². The third-order valence-corrected chi connectivity index (χ3v) is 7.23. The number of nitrogens with zero attached hydrogens (tertiary/aromatic N) is 5. The van der Waals surface area contributed by atoms with Crippen molar-refractivity contribution < 1.29 is 32.7 Å². The Labute approximate surface area is 244 Å². The number of hydrogen-bond acceptors (Lipinski definition) is 9. The van der Waals surface area contributed by atoms with E-state index in [9.17, 15) is 9.59 Å². The van der Waals surface area contributed by atoms with Crippen molar-refractivity contribution in [2.45, 2.75) is 25.8 Å². The molecule has 2 aliphatic rings. The second-order valence-electron chi connectivity index (χ2n) is 9.92. The number of rotatable bonds is 5. The molecule has 1 amide bonds. The van der Waals surface area contributed by atoms with E-state index >= 15 is 4.39 Å². The number of quaternary nitrogens is 1. The smallest absolute Gasteiger partial charge is 0.364 e. The molecule has 0 aliphatic carbocycles. The van der Waals surface area contributed by atoms with Crippen LogP contribution in [-0.2, 0) is 9.53 Å². The Balaban J connectivity index is 1.84. The first-order valence-corrected chi connectivity index (χ1v) is 13.2. The van der Waals surface area contributed by atoms with Crippen molar-refractivity contribution in [3.8, 4) is 17.6 Å². The summed E-state index contributed by atoms with van der Waals surface area (Å²) in [6, 6.07) is 3.30. The van der Waals surface area contributed by atoms with Crippen LogP contribution in [0.3, 0.4) is 0 Å². The predicted octanol–water partition coefficient (Wildman–Crippen LogP) is 4.35. The molecule has 0 saturated carbocycles. The topological polar surface area (TPSA) is 117 Å². The van der Waals surface area contributed by atoms with Crippen molar-refractivity contribution in [3.05, 3.63) is 80.8 Å². The molecule has 2 unspecified atom stereocenters. The molecule has 1 N–H and O–H groups in total. The molecule has 41 heavy (non-hydrogen) atoms. The number of benzene rings is 1. The molecule has 4 heterocycles. The van der Waals surface area contributed by atoms with Crippen LogP contribution in [-0.4, -0.2) is 64.1 Å². The fourth-order valence-corrected chi connectivity index (χ4v) is 5.31. The summed E-state index contributed by atoms with van der Waals surface area (Å²) in [5, 5.41) is 8.05. The Morgan fingerprint density at radius 1 is 1.22 bits per heavy atom. The minimum atomic E-state index is -1.00. The maximum absolute atomic E-state index is 15.6. The third kappa shape index (κ3) is 5.03. The molecule has 0 radical (unpaired) electrons. The van der Waals surface area contributed by atoms with E-state index in [0.717, 1.165) is 0 Å². The number of nitrogens with one attached hydrogen (secondary N) is 1. The van der Waals surface area contributed by atoms with Crippen LogP contribution >= 0.6 is 23.2 Å². The van der Waals surface area contributed by atoms with E-state index in [2.05, 4.69) is 20.4 Å². The van der Waals surface area contributed by atoms with Crippen molar-refractivity contribution in [2.75, 3.05) is 28.0 Å². The number of aromatic nitrogens is 4. The zero-order valence-corrected chi connectivity index (χ0v) is 24.2. The summed E-state index contributed by atoms with van der Waals surface area (Å²) in [6.07, 6.45) is 4.46. The molecule has 2 bridgehead atoms. The van der Waals surface area contributed by atoms with Gasteiger partial charge in [-0.2, -0.15) is 14.6 Å². The number of ether oxygens (including phenoxy) is 3. The monoisotopic (exact) mass is 603 g/mol. The van der Waals surface area contributed by atoms with Gasteiger partial charge in [0.2, 0.25) is 12.6 Å². The molecule has 0 spiro atoms. The van der Waals surface area contributed by atoms with E-state index in [1.165, 1.54) is 43.3 Å². The molecule has 3 aromatic rings. The second-order valence-corrected chi connectivity index (χ2v) is 10.8. The molecule has 2 atom stereocenters. The Morgan fingerprint density at radius 3 is 2.63 bits per heavy atom. The number of likely N-dealkylation sites (N-methyl/N-ethyl adjacent to an activating group) is 1. The number of methoxy groups -OCH3 is 2. The average molecular weight is 604 g/mol. The van der Waals surface area contributed by atoms with Gasteiger partial charge in [-0.1, -0.05) is 43.1 Å². The summed E-state index contributed by atoms with van der Waals surface area (Å²) in [4.78, 5) is 35.1. The van der Waals surface area contributed by atoms with Gasteiger partial charge in [-0.25, -0.2) is 23.6 Å². The van der Waals surface area contributed by atoms with Crippen molar-refractivity contribution >= 4 is 35.1 Å². The second kappa shape index (κ2) is 10.8. The van der Waals surface area contributed by atoms with Crippen molar-refractivity contribution in [1.82, 2.24) is 25.1 Å². The van der Waals surface area contributed by atoms with E-state index < -0.39 is 28.2 Å². The Hall–Kier alpha value is -4.00. The first-order valence-electron chi connectivity index (χ1n) is 12.4. The van der Waals surface area contributed by atoms with Gasteiger partial charge >= 0.3 is 17.9 Å². The van der Waals surface area contributed by atoms with Crippen molar-refractivity contribution in [3.63, 3.8) is 0 Å². The normalized spacial score (nSPS) is 20.5. The highest BCUT2D eigenvalue weighted by Crippen LogP contribution is 2.39. The molecular formula is C27H26Cl2FN6O5+. The zero-order valence-electron chi connectivity index (χ0n) is 22.7. The molecule has 5 rings (SSSR count). The summed E-state index contributed by atoms with van der Waals surface area (Å²) in [7, 11) is 4.39. The maximum atomic E-state index is 15.6. The van der Waals surface area contributed by atoms with Crippen molar-refractivity contribution in [2.24, 2.45) is 0 Å². The quantitative estimate of drug-likeness (QED) is 0.335. The van der Waals surface area contributed by atoms with E-state index in [1.807, 2.05) is 13.8 Å². The van der Waals surface area contributed by atoms with Crippen LogP contribution in [0.2, 0.25) is 5.02 Å². The van der Waals surface area contributed by atoms with Crippen LogP contribution in [0.5, 0.6) is 11.9 Å². The van der Waals surface area contributed by atoms with Gasteiger partial charge in [0, 0.05) is 16.1 Å². The molecule has 14 heteroatoms. The third-order valence-electron chi connectivity index (χ3n) is 6.73. The number of esters is 1. The Bertz CT molecular complexity index is 1640. The standard InChI is InChI=1S/C27H26Cl2FN6O5/c1-13(2)23-20-21(16-7-6-14(28)8-18(16)30)32-15-9-17(29)25(37)36(3,11-15)12-41-26(38)22(20)34-35(23)19-10-31-27(40-5)33-24(19)39-4/h6-11,13,21,32H,12H2,1-5H3/q+1. The van der Waals surface area contributed by atoms with Crippen LogP contribution in [0.1, 0.15) is 53.1 Å². The molecule has 1 aromatic carbocycles. The summed E-state index contributed by atoms with van der Waals surface area (Å²) in [6.45, 7) is 3.44. The zero-order chi connectivity index (χ0) is 29.6. The number of carbonyl (C=O) groups is 2. The van der Waals surface area contributed by atoms with E-state index in [1.54, 1.807) is 19.3 Å². The highest BCUT2D eigenvalue weighted by molar-refractivity contribution is 6.41. The van der Waals surface area contributed by atoms with E-state index in [4.69, 9.17) is 37.4 Å². The Morgan fingerprint density at radius 2 is 1.98 bits per heavy atom. The lowest BCUT2D eigenvalue weighted by Gasteiger charge is -2.32. The number of hydrogen-bond donors (Lipinski definition) is 1.